The van der Waals surface area contributed by atoms with Crippen molar-refractivity contribution in [3.63, 3.8) is 0 Å². The first-order chi connectivity index (χ1) is 18.3. The van der Waals surface area contributed by atoms with Crippen molar-refractivity contribution in [1.82, 2.24) is 38.6 Å². The zero-order valence-corrected chi connectivity index (χ0v) is 21.1. The smallest absolute Gasteiger partial charge is 0.333 e. The molecule has 1 aliphatic heterocycles. The zero-order valence-electron chi connectivity index (χ0n) is 21.1. The number of hydrogen-bond acceptors (Lipinski definition) is 10. The van der Waals surface area contributed by atoms with Gasteiger partial charge in [0.05, 0.1) is 30.5 Å². The number of aryl methyl sites for hydroxylation is 1. The van der Waals surface area contributed by atoms with E-state index in [2.05, 4.69) is 42.1 Å². The van der Waals surface area contributed by atoms with Gasteiger partial charge in [0.25, 0.3) is 5.56 Å². The highest BCUT2D eigenvalue weighted by Gasteiger charge is 2.24. The van der Waals surface area contributed by atoms with Crippen molar-refractivity contribution in [2.75, 3.05) is 16.8 Å². The van der Waals surface area contributed by atoms with E-state index in [1.54, 1.807) is 31.6 Å². The molecule has 5 heterocycles. The maximum absolute atomic E-state index is 13.1. The van der Waals surface area contributed by atoms with E-state index in [-0.39, 0.29) is 17.0 Å². The molecule has 0 aromatic carbocycles. The van der Waals surface area contributed by atoms with Crippen molar-refractivity contribution in [1.29, 1.82) is 5.26 Å². The first kappa shape index (κ1) is 24.8. The third-order valence-corrected chi connectivity index (χ3v) is 6.71. The Kier molecular flexibility index (Phi) is 6.41. The van der Waals surface area contributed by atoms with Crippen molar-refractivity contribution in [3.8, 4) is 17.3 Å². The van der Waals surface area contributed by atoms with E-state index in [9.17, 15) is 14.4 Å². The molecular weight excluding hydrogens is 490 g/mol. The first-order valence-corrected chi connectivity index (χ1v) is 12.1. The van der Waals surface area contributed by atoms with Crippen molar-refractivity contribution in [2.24, 2.45) is 7.05 Å². The molecule has 1 amide bonds. The van der Waals surface area contributed by atoms with Crippen LogP contribution in [0.4, 0.5) is 11.8 Å². The Balaban J connectivity index is 1.38. The Hall–Kier alpha value is -4.93. The average molecular weight is 516 g/mol. The average Bonchev–Trinajstić information content (AvgIpc) is 3.56. The Bertz CT molecular complexity index is 1680. The summed E-state index contributed by atoms with van der Waals surface area (Å²) >= 11 is 0. The van der Waals surface area contributed by atoms with Gasteiger partial charge in [-0.25, -0.2) is 29.3 Å². The van der Waals surface area contributed by atoms with Crippen molar-refractivity contribution < 1.29 is 4.79 Å². The molecular formula is C24H25N11O3. The molecule has 2 atom stereocenters. The van der Waals surface area contributed by atoms with Crippen LogP contribution in [0, 0.1) is 11.3 Å². The van der Waals surface area contributed by atoms with Crippen LogP contribution >= 0.6 is 0 Å². The Labute approximate surface area is 216 Å². The number of carbonyl (C=O) groups is 1. The molecule has 0 aliphatic carbocycles. The monoisotopic (exact) mass is 515 g/mol. The fourth-order valence-electron chi connectivity index (χ4n) is 4.55. The molecule has 4 aromatic rings. The van der Waals surface area contributed by atoms with Gasteiger partial charge >= 0.3 is 5.69 Å². The van der Waals surface area contributed by atoms with Crippen molar-refractivity contribution >= 4 is 28.8 Å². The van der Waals surface area contributed by atoms with E-state index in [1.165, 1.54) is 28.7 Å². The van der Waals surface area contributed by atoms with Gasteiger partial charge < -0.3 is 14.8 Å². The molecule has 1 fully saturated rings. The minimum Gasteiger partial charge on any atom is -0.338 e. The molecule has 1 saturated heterocycles. The Morgan fingerprint density at radius 3 is 2.66 bits per heavy atom. The summed E-state index contributed by atoms with van der Waals surface area (Å²) in [6, 6.07) is 1.31. The molecule has 38 heavy (non-hydrogen) atoms. The highest BCUT2D eigenvalue weighted by atomic mass is 16.2. The van der Waals surface area contributed by atoms with Crippen LogP contribution in [0.1, 0.15) is 32.7 Å². The van der Waals surface area contributed by atoms with Gasteiger partial charge in [-0.1, -0.05) is 0 Å². The fraction of sp³-hybridized carbons (Fsp3) is 0.375. The summed E-state index contributed by atoms with van der Waals surface area (Å²) in [5.41, 5.74) is -0.0756. The lowest BCUT2D eigenvalue weighted by molar-refractivity contribution is -0.118. The van der Waals surface area contributed by atoms with E-state index < -0.39 is 29.7 Å². The topological polar surface area (TPSA) is 170 Å². The van der Waals surface area contributed by atoms with E-state index in [4.69, 9.17) is 5.26 Å². The summed E-state index contributed by atoms with van der Waals surface area (Å²) in [6.45, 7) is 4.24. The number of amides is 1. The second kappa shape index (κ2) is 9.85. The lowest BCUT2D eigenvalue weighted by Gasteiger charge is -2.20. The number of hydrogen-bond donors (Lipinski definition) is 1. The summed E-state index contributed by atoms with van der Waals surface area (Å²) < 4.78 is 3.34. The van der Waals surface area contributed by atoms with Crippen LogP contribution in [0.3, 0.4) is 0 Å². The van der Waals surface area contributed by atoms with Gasteiger partial charge in [0, 0.05) is 37.6 Å². The number of fused-ring (bicyclic) bond motifs is 1. The molecule has 14 nitrogen and oxygen atoms in total. The number of imidazole rings is 1. The van der Waals surface area contributed by atoms with Crippen LogP contribution in [0.2, 0.25) is 0 Å². The van der Waals surface area contributed by atoms with E-state index in [0.717, 1.165) is 24.0 Å². The second-order valence-corrected chi connectivity index (χ2v) is 9.13. The fourth-order valence-corrected chi connectivity index (χ4v) is 4.55. The highest BCUT2D eigenvalue weighted by molar-refractivity contribution is 5.93. The van der Waals surface area contributed by atoms with Crippen LogP contribution in [-0.2, 0) is 18.4 Å². The second-order valence-electron chi connectivity index (χ2n) is 9.13. The highest BCUT2D eigenvalue weighted by Crippen LogP contribution is 2.24. The Morgan fingerprint density at radius 2 is 1.97 bits per heavy atom. The molecule has 1 aliphatic rings. The molecule has 0 radical (unpaired) electrons. The van der Waals surface area contributed by atoms with Gasteiger partial charge in [-0.15, -0.1) is 0 Å². The largest absolute Gasteiger partial charge is 0.338 e. The lowest BCUT2D eigenvalue weighted by atomic mass is 10.2. The number of nitriles is 1. The van der Waals surface area contributed by atoms with Gasteiger partial charge in [-0.05, 0) is 26.7 Å². The number of aromatic nitrogens is 8. The molecule has 194 valence electrons. The molecule has 5 rings (SSSR count). The van der Waals surface area contributed by atoms with E-state index >= 15 is 0 Å². The third-order valence-electron chi connectivity index (χ3n) is 6.71. The number of nitrogens with one attached hydrogen (secondary N) is 1. The molecule has 4 aromatic heterocycles. The van der Waals surface area contributed by atoms with Crippen LogP contribution < -0.4 is 21.5 Å². The lowest BCUT2D eigenvalue weighted by Crippen LogP contribution is -2.40. The zero-order chi connectivity index (χ0) is 27.0. The van der Waals surface area contributed by atoms with E-state index in [1.807, 2.05) is 0 Å². The number of carbonyl (C=O) groups excluding carboxylic acids is 1. The van der Waals surface area contributed by atoms with Gasteiger partial charge in [0.15, 0.2) is 17.0 Å². The summed E-state index contributed by atoms with van der Waals surface area (Å²) in [7, 11) is 1.45. The predicted molar refractivity (Wildman–Crippen MR) is 137 cm³/mol. The molecule has 1 N–H and O–H groups in total. The number of anilines is 2. The van der Waals surface area contributed by atoms with Gasteiger partial charge in [0.2, 0.25) is 11.9 Å². The summed E-state index contributed by atoms with van der Waals surface area (Å²) in [5.74, 6) is 0.393. The van der Waals surface area contributed by atoms with Gasteiger partial charge in [-0.2, -0.15) is 5.26 Å². The summed E-state index contributed by atoms with van der Waals surface area (Å²) in [5, 5.41) is 11.7. The molecule has 0 spiro atoms. The van der Waals surface area contributed by atoms with Crippen LogP contribution in [-0.4, -0.2) is 57.1 Å². The number of nitrogens with zero attached hydrogens (tertiary/aromatic N) is 10. The third kappa shape index (κ3) is 4.27. The van der Waals surface area contributed by atoms with Crippen molar-refractivity contribution in [3.05, 3.63) is 52.0 Å². The maximum atomic E-state index is 13.1. The van der Waals surface area contributed by atoms with Gasteiger partial charge in [0.1, 0.15) is 12.6 Å². The SMILES string of the molecule is C[C@H]1CCCN1c1ncc(-c2cncc(NC(=O)[C@H](C)n3cnc4c3c(=O)n(CC#N)c(=O)n4C)n2)cn1. The van der Waals surface area contributed by atoms with Gasteiger partial charge in [-0.3, -0.25) is 19.1 Å². The van der Waals surface area contributed by atoms with Crippen LogP contribution in [0.5, 0.6) is 0 Å². The van der Waals surface area contributed by atoms with Crippen LogP contribution in [0.15, 0.2) is 40.7 Å². The minimum atomic E-state index is -0.892. The molecule has 14 heteroatoms. The summed E-state index contributed by atoms with van der Waals surface area (Å²) in [4.78, 5) is 62.4. The first-order valence-electron chi connectivity index (χ1n) is 12.1. The van der Waals surface area contributed by atoms with E-state index in [0.29, 0.717) is 23.2 Å². The predicted octanol–water partition coefficient (Wildman–Crippen LogP) is 0.856. The van der Waals surface area contributed by atoms with Crippen molar-refractivity contribution in [2.45, 2.75) is 45.3 Å². The summed E-state index contributed by atoms with van der Waals surface area (Å²) in [6.07, 6.45) is 9.86. The number of rotatable bonds is 6. The molecule has 0 unspecified atom stereocenters. The minimum absolute atomic E-state index is 0.0365. The van der Waals surface area contributed by atoms with Crippen LogP contribution in [0.25, 0.3) is 22.4 Å². The molecule has 0 bridgehead atoms. The maximum Gasteiger partial charge on any atom is 0.333 e. The Morgan fingerprint density at radius 1 is 1.21 bits per heavy atom. The standard InChI is InChI=1S/C24H25N11O3/c1-14-5-4-7-33(14)23-27-9-16(10-28-23)17-11-26-12-18(30-17)31-21(36)15(2)35-13-29-20-19(35)22(37)34(8-6-25)24(38)32(20)3/h9-15H,4-5,7-8H2,1-3H3,(H,30,31,36)/t14-,15-/m0/s1. The quantitative estimate of drug-likeness (QED) is 0.388. The normalized spacial score (nSPS) is 15.9. The molecule has 0 saturated carbocycles.